The van der Waals surface area contributed by atoms with Crippen LogP contribution in [0.4, 0.5) is 0 Å². The maximum absolute atomic E-state index is 10.6. The van der Waals surface area contributed by atoms with E-state index < -0.39 is 18.0 Å². The van der Waals surface area contributed by atoms with Gasteiger partial charge in [0, 0.05) is 5.75 Å². The van der Waals surface area contributed by atoms with Crippen LogP contribution in [0.5, 0.6) is 0 Å². The van der Waals surface area contributed by atoms with Crippen LogP contribution in [0.1, 0.15) is 6.42 Å². The van der Waals surface area contributed by atoms with Gasteiger partial charge >= 0.3 is 11.9 Å². The number of rotatable bonds is 2. The molecule has 1 aliphatic heterocycles. The zero-order chi connectivity index (χ0) is 9.84. The molecule has 0 spiro atoms. The molecule has 0 aliphatic carbocycles. The van der Waals surface area contributed by atoms with Crippen molar-refractivity contribution < 1.29 is 19.8 Å². The maximum atomic E-state index is 10.6. The van der Waals surface area contributed by atoms with Crippen LogP contribution >= 0.6 is 11.8 Å². The number of carbonyl (C=O) groups is 2. The molecule has 1 atom stereocenters. The van der Waals surface area contributed by atoms with Crippen LogP contribution in [0.25, 0.3) is 0 Å². The number of nitrogens with zero attached hydrogens (tertiary/aromatic N) is 1. The van der Waals surface area contributed by atoms with E-state index in [1.807, 2.05) is 0 Å². The third kappa shape index (κ3) is 2.73. The first-order chi connectivity index (χ1) is 6.11. The van der Waals surface area contributed by atoms with Crippen molar-refractivity contribution >= 4 is 29.4 Å². The number of thioether (sulfide) groups is 1. The summed E-state index contributed by atoms with van der Waals surface area (Å²) in [6, 6.07) is -0.888. The van der Waals surface area contributed by atoms with Gasteiger partial charge in [-0.25, -0.2) is 9.59 Å². The van der Waals surface area contributed by atoms with Crippen LogP contribution in [0.3, 0.4) is 0 Å². The molecule has 1 aliphatic rings. The molecule has 0 unspecified atom stereocenters. The van der Waals surface area contributed by atoms with Gasteiger partial charge in [-0.05, 0) is 12.2 Å². The fraction of sp³-hybridized carbons (Fsp3) is 0.571. The predicted molar refractivity (Wildman–Crippen MR) is 48.4 cm³/mol. The Kier molecular flexibility index (Phi) is 3.30. The topological polar surface area (TPSA) is 87.0 Å². The molecule has 6 heteroatoms. The van der Waals surface area contributed by atoms with Gasteiger partial charge in [0.15, 0.2) is 0 Å². The highest BCUT2D eigenvalue weighted by atomic mass is 32.2. The molecule has 1 rings (SSSR count). The first kappa shape index (κ1) is 10.0. The summed E-state index contributed by atoms with van der Waals surface area (Å²) in [5.74, 6) is -1.25. The molecule has 2 N–H and O–H groups in total. The average Bonchev–Trinajstić information content (AvgIpc) is 2.28. The third-order valence-electron chi connectivity index (χ3n) is 1.62. The van der Waals surface area contributed by atoms with Gasteiger partial charge in [-0.3, -0.25) is 4.99 Å². The molecule has 0 bridgehead atoms. The molecular weight excluding hydrogens is 194 g/mol. The van der Waals surface area contributed by atoms with E-state index in [0.29, 0.717) is 17.9 Å². The second-order valence-electron chi connectivity index (χ2n) is 2.58. The van der Waals surface area contributed by atoms with E-state index in [9.17, 15) is 9.59 Å². The fourth-order valence-corrected chi connectivity index (χ4v) is 1.88. The van der Waals surface area contributed by atoms with E-state index >= 15 is 0 Å². The summed E-state index contributed by atoms with van der Waals surface area (Å²) in [6.45, 7) is 0. The molecule has 5 nitrogen and oxygen atoms in total. The largest absolute Gasteiger partial charge is 0.480 e. The smallest absolute Gasteiger partial charge is 0.350 e. The number of hydrogen-bond acceptors (Lipinski definition) is 4. The molecule has 0 radical (unpaired) electrons. The zero-order valence-corrected chi connectivity index (χ0v) is 7.58. The highest BCUT2D eigenvalue weighted by molar-refractivity contribution is 8.00. The third-order valence-corrected chi connectivity index (χ3v) is 2.62. The number of aliphatic carboxylic acids is 2. The van der Waals surface area contributed by atoms with E-state index in [0.717, 1.165) is 0 Å². The first-order valence-corrected chi connectivity index (χ1v) is 4.87. The van der Waals surface area contributed by atoms with Crippen molar-refractivity contribution in [1.82, 2.24) is 0 Å². The lowest BCUT2D eigenvalue weighted by molar-refractivity contribution is -0.138. The van der Waals surface area contributed by atoms with Gasteiger partial charge in [0.05, 0.1) is 0 Å². The van der Waals surface area contributed by atoms with Crippen LogP contribution in [0.15, 0.2) is 4.99 Å². The van der Waals surface area contributed by atoms with Gasteiger partial charge in [-0.2, -0.15) is 11.8 Å². The van der Waals surface area contributed by atoms with Crippen molar-refractivity contribution in [1.29, 1.82) is 0 Å². The molecule has 0 saturated heterocycles. The molecule has 0 aromatic carbocycles. The Morgan fingerprint density at radius 1 is 1.46 bits per heavy atom. The molecule has 0 fully saturated rings. The summed E-state index contributed by atoms with van der Waals surface area (Å²) in [5.41, 5.74) is -0.0464. The second-order valence-corrected chi connectivity index (χ2v) is 3.68. The van der Waals surface area contributed by atoms with Crippen LogP contribution in [0, 0.1) is 0 Å². The van der Waals surface area contributed by atoms with Gasteiger partial charge in [-0.1, -0.05) is 0 Å². The van der Waals surface area contributed by atoms with E-state index in [2.05, 4.69) is 4.99 Å². The molecule has 0 aromatic heterocycles. The summed E-state index contributed by atoms with van der Waals surface area (Å²) >= 11 is 1.40. The first-order valence-electron chi connectivity index (χ1n) is 3.72. The van der Waals surface area contributed by atoms with Crippen LogP contribution in [-0.2, 0) is 9.59 Å². The minimum Gasteiger partial charge on any atom is -0.480 e. The quantitative estimate of drug-likeness (QED) is 0.664. The molecule has 1 heterocycles. The predicted octanol–water partition coefficient (Wildman–Crippen LogP) is 0.102. The Labute approximate surface area is 78.9 Å². The van der Waals surface area contributed by atoms with Crippen molar-refractivity contribution in [3.8, 4) is 0 Å². The summed E-state index contributed by atoms with van der Waals surface area (Å²) in [4.78, 5) is 24.8. The minimum atomic E-state index is -1.12. The summed E-state index contributed by atoms with van der Waals surface area (Å²) < 4.78 is 0. The highest BCUT2D eigenvalue weighted by Crippen LogP contribution is 2.13. The minimum absolute atomic E-state index is 0.0464. The Morgan fingerprint density at radius 2 is 2.15 bits per heavy atom. The van der Waals surface area contributed by atoms with Crippen molar-refractivity contribution in [3.63, 3.8) is 0 Å². The van der Waals surface area contributed by atoms with Crippen molar-refractivity contribution in [2.24, 2.45) is 4.99 Å². The Morgan fingerprint density at radius 3 is 2.69 bits per heavy atom. The molecule has 72 valence electrons. The van der Waals surface area contributed by atoms with Crippen LogP contribution in [-0.4, -0.2) is 45.4 Å². The zero-order valence-electron chi connectivity index (χ0n) is 6.77. The standard InChI is InChI=1S/C7H9NO4S/c9-6(10)4-1-2-13-3-5(8-4)7(11)12/h4H,1-3H2,(H,9,10)(H,11,12)/t4-/m0/s1. The SMILES string of the molecule is O=C(O)C1=N[C@H](C(=O)O)CCSC1. The van der Waals surface area contributed by atoms with Gasteiger partial charge in [0.1, 0.15) is 11.8 Å². The Bertz CT molecular complexity index is 263. The van der Waals surface area contributed by atoms with Gasteiger partial charge in [0.25, 0.3) is 0 Å². The number of hydrogen-bond donors (Lipinski definition) is 2. The number of aliphatic imine (C=N–C) groups is 1. The molecular formula is C7H9NO4S. The Balaban J connectivity index is 2.80. The fourth-order valence-electron chi connectivity index (χ4n) is 0.949. The monoisotopic (exact) mass is 203 g/mol. The van der Waals surface area contributed by atoms with Crippen LogP contribution < -0.4 is 0 Å². The lowest BCUT2D eigenvalue weighted by atomic mass is 10.2. The summed E-state index contributed by atoms with van der Waals surface area (Å²) in [7, 11) is 0. The maximum Gasteiger partial charge on any atom is 0.350 e. The second kappa shape index (κ2) is 4.27. The highest BCUT2D eigenvalue weighted by Gasteiger charge is 2.22. The Hall–Kier alpha value is -1.04. The molecule has 0 saturated carbocycles. The lowest BCUT2D eigenvalue weighted by Crippen LogP contribution is -2.22. The van der Waals surface area contributed by atoms with Gasteiger partial charge in [-0.15, -0.1) is 0 Å². The van der Waals surface area contributed by atoms with Crippen molar-refractivity contribution in [3.05, 3.63) is 0 Å². The normalized spacial score (nSPS) is 23.1. The van der Waals surface area contributed by atoms with E-state index in [4.69, 9.17) is 10.2 Å². The molecule has 0 aromatic rings. The lowest BCUT2D eigenvalue weighted by Gasteiger charge is -2.02. The van der Waals surface area contributed by atoms with E-state index in [1.165, 1.54) is 11.8 Å². The van der Waals surface area contributed by atoms with Crippen molar-refractivity contribution in [2.75, 3.05) is 11.5 Å². The molecule has 0 amide bonds. The average molecular weight is 203 g/mol. The molecule has 13 heavy (non-hydrogen) atoms. The van der Waals surface area contributed by atoms with Gasteiger partial charge in [0.2, 0.25) is 0 Å². The summed E-state index contributed by atoms with van der Waals surface area (Å²) in [6.07, 6.45) is 0.400. The number of carboxylic acid groups (broad SMARTS) is 2. The summed E-state index contributed by atoms with van der Waals surface area (Å²) in [5, 5.41) is 17.3. The van der Waals surface area contributed by atoms with Crippen molar-refractivity contribution in [2.45, 2.75) is 12.5 Å². The van der Waals surface area contributed by atoms with E-state index in [1.54, 1.807) is 0 Å². The van der Waals surface area contributed by atoms with Crippen LogP contribution in [0.2, 0.25) is 0 Å². The number of carboxylic acids is 2. The van der Waals surface area contributed by atoms with Gasteiger partial charge < -0.3 is 10.2 Å². The van der Waals surface area contributed by atoms with E-state index in [-0.39, 0.29) is 5.71 Å².